The number of halogens is 3. The van der Waals surface area contributed by atoms with Crippen molar-refractivity contribution in [1.29, 1.82) is 5.26 Å². The van der Waals surface area contributed by atoms with E-state index >= 15 is 0 Å². The molecule has 0 aliphatic rings. The van der Waals surface area contributed by atoms with E-state index in [1.807, 2.05) is 0 Å². The van der Waals surface area contributed by atoms with E-state index in [4.69, 9.17) is 5.26 Å². The third-order valence-corrected chi connectivity index (χ3v) is 1.89. The Bertz CT molecular complexity index is 278. The maximum absolute atomic E-state index is 11.9. The van der Waals surface area contributed by atoms with Gasteiger partial charge in [-0.15, -0.1) is 0 Å². The van der Waals surface area contributed by atoms with E-state index in [-0.39, 0.29) is 0 Å². The molecule has 0 aromatic carbocycles. The summed E-state index contributed by atoms with van der Waals surface area (Å²) in [6, 6.07) is 1.75. The summed E-state index contributed by atoms with van der Waals surface area (Å²) in [5.74, 6) is -0.603. The Balaban J connectivity index is 4.31. The molecule has 86 valence electrons. The summed E-state index contributed by atoms with van der Waals surface area (Å²) in [4.78, 5) is 12.4. The van der Waals surface area contributed by atoms with Gasteiger partial charge in [0.2, 0.25) is 5.91 Å². The molecule has 1 amide bonds. The lowest BCUT2D eigenvalue weighted by atomic mass is 9.94. The minimum absolute atomic E-state index is 0.423. The molecule has 0 aromatic heterocycles. The molecule has 0 aromatic rings. The highest BCUT2D eigenvalue weighted by Crippen LogP contribution is 2.21. The Morgan fingerprint density at radius 2 is 1.87 bits per heavy atom. The van der Waals surface area contributed by atoms with Gasteiger partial charge in [-0.05, 0) is 13.8 Å². The maximum Gasteiger partial charge on any atom is 0.390 e. The Hall–Kier alpha value is -1.25. The van der Waals surface area contributed by atoms with Crippen LogP contribution in [0.1, 0.15) is 20.3 Å². The molecule has 6 heteroatoms. The van der Waals surface area contributed by atoms with Gasteiger partial charge >= 0.3 is 6.18 Å². The van der Waals surface area contributed by atoms with Gasteiger partial charge in [-0.2, -0.15) is 18.4 Å². The molecule has 0 bridgehead atoms. The van der Waals surface area contributed by atoms with Crippen molar-refractivity contribution in [3.8, 4) is 6.07 Å². The minimum atomic E-state index is -4.29. The number of nitrogens with zero attached hydrogens (tertiary/aromatic N) is 2. The zero-order valence-corrected chi connectivity index (χ0v) is 8.85. The van der Waals surface area contributed by atoms with Gasteiger partial charge in [0.15, 0.2) is 0 Å². The van der Waals surface area contributed by atoms with Crippen molar-refractivity contribution in [2.24, 2.45) is 5.41 Å². The van der Waals surface area contributed by atoms with Crippen molar-refractivity contribution in [3.05, 3.63) is 0 Å². The molecule has 0 radical (unpaired) electrons. The van der Waals surface area contributed by atoms with Crippen molar-refractivity contribution in [2.45, 2.75) is 26.4 Å². The summed E-state index contributed by atoms with van der Waals surface area (Å²) in [5.41, 5.74) is -1.28. The second-order valence-electron chi connectivity index (χ2n) is 3.83. The molecule has 0 N–H and O–H groups in total. The van der Waals surface area contributed by atoms with Crippen LogP contribution in [0.25, 0.3) is 0 Å². The van der Waals surface area contributed by atoms with Crippen molar-refractivity contribution < 1.29 is 18.0 Å². The summed E-state index contributed by atoms with van der Waals surface area (Å²) in [6.45, 7) is 2.33. The van der Waals surface area contributed by atoms with E-state index in [1.54, 1.807) is 6.07 Å². The minimum Gasteiger partial charge on any atom is -0.344 e. The van der Waals surface area contributed by atoms with Gasteiger partial charge in [0.05, 0.1) is 12.5 Å². The smallest absolute Gasteiger partial charge is 0.344 e. The van der Waals surface area contributed by atoms with Gasteiger partial charge in [-0.1, -0.05) is 0 Å². The van der Waals surface area contributed by atoms with Crippen molar-refractivity contribution in [2.75, 3.05) is 13.6 Å². The summed E-state index contributed by atoms with van der Waals surface area (Å²) in [5, 5.41) is 8.62. The van der Waals surface area contributed by atoms with Crippen LogP contribution in [0.5, 0.6) is 0 Å². The predicted octanol–water partition coefficient (Wildman–Crippen LogP) is 1.95. The third-order valence-electron chi connectivity index (χ3n) is 1.89. The van der Waals surface area contributed by atoms with Crippen LogP contribution in [0.3, 0.4) is 0 Å². The van der Waals surface area contributed by atoms with Crippen molar-refractivity contribution in [1.82, 2.24) is 4.90 Å². The van der Waals surface area contributed by atoms with Crippen LogP contribution in [0.15, 0.2) is 0 Å². The normalized spacial score (nSPS) is 12.1. The van der Waals surface area contributed by atoms with Crippen molar-refractivity contribution >= 4 is 5.91 Å². The van der Waals surface area contributed by atoms with Crippen LogP contribution in [0.4, 0.5) is 13.2 Å². The number of alkyl halides is 3. The van der Waals surface area contributed by atoms with E-state index in [0.29, 0.717) is 0 Å². The van der Waals surface area contributed by atoms with Gasteiger partial charge in [0, 0.05) is 13.6 Å². The zero-order valence-electron chi connectivity index (χ0n) is 8.85. The van der Waals surface area contributed by atoms with Gasteiger partial charge in [-0.3, -0.25) is 4.79 Å². The van der Waals surface area contributed by atoms with E-state index in [0.717, 1.165) is 4.90 Å². The molecule has 0 saturated heterocycles. The highest BCUT2D eigenvalue weighted by Gasteiger charge is 2.33. The van der Waals surface area contributed by atoms with E-state index in [9.17, 15) is 18.0 Å². The topological polar surface area (TPSA) is 44.1 Å². The van der Waals surface area contributed by atoms with E-state index in [2.05, 4.69) is 0 Å². The predicted molar refractivity (Wildman–Crippen MR) is 47.7 cm³/mol. The van der Waals surface area contributed by atoms with Crippen LogP contribution < -0.4 is 0 Å². The fraction of sp³-hybridized carbons (Fsp3) is 0.778. The number of carbonyl (C=O) groups is 1. The molecule has 3 nitrogen and oxygen atoms in total. The highest BCUT2D eigenvalue weighted by atomic mass is 19.4. The molecule has 0 fully saturated rings. The van der Waals surface area contributed by atoms with Crippen LogP contribution in [0.2, 0.25) is 0 Å². The number of nitriles is 1. The lowest BCUT2D eigenvalue weighted by molar-refractivity contribution is -0.147. The molecule has 0 atom stereocenters. The summed E-state index contributed by atoms with van der Waals surface area (Å²) in [7, 11) is 1.26. The fourth-order valence-corrected chi connectivity index (χ4v) is 0.921. The monoisotopic (exact) mass is 222 g/mol. The molecule has 0 saturated carbocycles. The van der Waals surface area contributed by atoms with E-state index in [1.165, 1.54) is 20.9 Å². The first-order valence-corrected chi connectivity index (χ1v) is 4.34. The second kappa shape index (κ2) is 4.51. The first-order valence-electron chi connectivity index (χ1n) is 4.34. The van der Waals surface area contributed by atoms with Gasteiger partial charge in [0.25, 0.3) is 0 Å². The molecule has 0 aliphatic carbocycles. The zero-order chi connectivity index (χ0) is 12.3. The van der Waals surface area contributed by atoms with Crippen LogP contribution in [0, 0.1) is 16.7 Å². The standard InChI is InChI=1S/C9H13F3N2O/c1-8(2,6-13)7(15)14(3)5-4-9(10,11)12/h4-5H2,1-3H3. The van der Waals surface area contributed by atoms with Gasteiger partial charge in [0.1, 0.15) is 5.41 Å². The summed E-state index contributed by atoms with van der Waals surface area (Å²) < 4.78 is 35.6. The maximum atomic E-state index is 11.9. The average Bonchev–Trinajstić information content (AvgIpc) is 2.11. The molecule has 0 heterocycles. The molecular formula is C9H13F3N2O. The lowest BCUT2D eigenvalue weighted by Crippen LogP contribution is -2.39. The molecule has 0 rings (SSSR count). The Labute approximate surface area is 86.5 Å². The summed E-state index contributed by atoms with van der Waals surface area (Å²) >= 11 is 0. The van der Waals surface area contributed by atoms with Crippen LogP contribution >= 0.6 is 0 Å². The third kappa shape index (κ3) is 4.68. The fourth-order valence-electron chi connectivity index (χ4n) is 0.921. The number of hydrogen-bond acceptors (Lipinski definition) is 2. The molecule has 0 aliphatic heterocycles. The largest absolute Gasteiger partial charge is 0.390 e. The first-order chi connectivity index (χ1) is 6.60. The second-order valence-corrected chi connectivity index (χ2v) is 3.83. The van der Waals surface area contributed by atoms with Crippen LogP contribution in [-0.2, 0) is 4.79 Å². The molecule has 15 heavy (non-hydrogen) atoms. The van der Waals surface area contributed by atoms with Crippen molar-refractivity contribution in [3.63, 3.8) is 0 Å². The number of rotatable bonds is 3. The highest BCUT2D eigenvalue weighted by molar-refractivity contribution is 5.84. The SMILES string of the molecule is CN(CCC(F)(F)F)C(=O)C(C)(C)C#N. The average molecular weight is 222 g/mol. The molecule has 0 spiro atoms. The quantitative estimate of drug-likeness (QED) is 0.732. The lowest BCUT2D eigenvalue weighted by Gasteiger charge is -2.24. The number of carbonyl (C=O) groups excluding carboxylic acids is 1. The Kier molecular flexibility index (Phi) is 4.14. The Morgan fingerprint density at radius 3 is 2.20 bits per heavy atom. The first kappa shape index (κ1) is 13.8. The van der Waals surface area contributed by atoms with Crippen LogP contribution in [-0.4, -0.2) is 30.6 Å². The Morgan fingerprint density at radius 1 is 1.40 bits per heavy atom. The molecule has 0 unspecified atom stereocenters. The number of amides is 1. The summed E-state index contributed by atoms with van der Waals surface area (Å²) in [6.07, 6.45) is -5.35. The molecular weight excluding hydrogens is 209 g/mol. The van der Waals surface area contributed by atoms with Gasteiger partial charge in [-0.25, -0.2) is 0 Å². The number of hydrogen-bond donors (Lipinski definition) is 0. The van der Waals surface area contributed by atoms with Gasteiger partial charge < -0.3 is 4.90 Å². The van der Waals surface area contributed by atoms with E-state index < -0.39 is 30.5 Å².